The molecule has 112 valence electrons. The van der Waals surface area contributed by atoms with Crippen molar-refractivity contribution >= 4 is 20.6 Å². The number of nitrogens with one attached hydrogen (secondary N) is 1. The Kier molecular flexibility index (Phi) is 4.00. The minimum Gasteiger partial charge on any atom is -0.313 e. The number of sulfone groups is 1. The average molecular weight is 303 g/mol. The lowest BCUT2D eigenvalue weighted by molar-refractivity contribution is 0.439. The Morgan fingerprint density at radius 2 is 1.95 bits per heavy atom. The Balaban J connectivity index is 1.89. The molecule has 2 aromatic carbocycles. The van der Waals surface area contributed by atoms with Gasteiger partial charge in [0.25, 0.3) is 0 Å². The molecule has 0 spiro atoms. The second-order valence-corrected chi connectivity index (χ2v) is 8.14. The van der Waals surface area contributed by atoms with E-state index in [0.717, 1.165) is 12.8 Å². The first-order valence-electron chi connectivity index (χ1n) is 7.44. The van der Waals surface area contributed by atoms with E-state index in [9.17, 15) is 8.42 Å². The van der Waals surface area contributed by atoms with Gasteiger partial charge in [0.2, 0.25) is 0 Å². The van der Waals surface area contributed by atoms with Crippen molar-refractivity contribution in [2.45, 2.75) is 18.9 Å². The van der Waals surface area contributed by atoms with Crippen LogP contribution < -0.4 is 5.32 Å². The van der Waals surface area contributed by atoms with Gasteiger partial charge >= 0.3 is 0 Å². The molecule has 2 unspecified atom stereocenters. The number of hydrogen-bond donors (Lipinski definition) is 1. The van der Waals surface area contributed by atoms with E-state index in [1.807, 2.05) is 13.1 Å². The van der Waals surface area contributed by atoms with Crippen LogP contribution in [0.1, 0.15) is 24.4 Å². The first-order valence-corrected chi connectivity index (χ1v) is 9.26. The van der Waals surface area contributed by atoms with Crippen molar-refractivity contribution in [1.29, 1.82) is 0 Å². The van der Waals surface area contributed by atoms with Crippen LogP contribution in [0.3, 0.4) is 0 Å². The van der Waals surface area contributed by atoms with Crippen LogP contribution in [0.2, 0.25) is 0 Å². The molecule has 0 saturated carbocycles. The summed E-state index contributed by atoms with van der Waals surface area (Å²) >= 11 is 0. The van der Waals surface area contributed by atoms with Gasteiger partial charge in [-0.3, -0.25) is 0 Å². The SMILES string of the molecule is CNC(CC1CCS(=O)(=O)C1)c1cccc2ccccc12. The first kappa shape index (κ1) is 14.5. The van der Waals surface area contributed by atoms with Crippen molar-refractivity contribution in [3.63, 3.8) is 0 Å². The minimum absolute atomic E-state index is 0.203. The molecule has 1 aliphatic rings. The summed E-state index contributed by atoms with van der Waals surface area (Å²) in [6, 6.07) is 14.9. The third-order valence-corrected chi connectivity index (χ3v) is 6.28. The van der Waals surface area contributed by atoms with E-state index in [4.69, 9.17) is 0 Å². The fraction of sp³-hybridized carbons (Fsp3) is 0.412. The zero-order chi connectivity index (χ0) is 14.9. The molecule has 1 saturated heterocycles. The molecule has 2 aromatic rings. The second kappa shape index (κ2) is 5.78. The fourth-order valence-electron chi connectivity index (χ4n) is 3.35. The molecule has 1 heterocycles. The Hall–Kier alpha value is -1.39. The Bertz CT molecular complexity index is 734. The highest BCUT2D eigenvalue weighted by Gasteiger charge is 2.30. The van der Waals surface area contributed by atoms with Crippen molar-refractivity contribution < 1.29 is 8.42 Å². The summed E-state index contributed by atoms with van der Waals surface area (Å²) in [6.07, 6.45) is 1.68. The summed E-state index contributed by atoms with van der Waals surface area (Å²) in [7, 11) is -0.848. The topological polar surface area (TPSA) is 46.2 Å². The molecular formula is C17H21NO2S. The van der Waals surface area contributed by atoms with Gasteiger partial charge in [-0.05, 0) is 42.1 Å². The second-order valence-electron chi connectivity index (χ2n) is 5.91. The highest BCUT2D eigenvalue weighted by Crippen LogP contribution is 2.32. The van der Waals surface area contributed by atoms with Gasteiger partial charge < -0.3 is 5.32 Å². The molecule has 21 heavy (non-hydrogen) atoms. The minimum atomic E-state index is -2.80. The normalized spacial score (nSPS) is 22.4. The molecule has 3 rings (SSSR count). The van der Waals surface area contributed by atoms with Crippen LogP contribution in [0.4, 0.5) is 0 Å². The van der Waals surface area contributed by atoms with E-state index in [1.54, 1.807) is 0 Å². The zero-order valence-electron chi connectivity index (χ0n) is 12.2. The summed E-state index contributed by atoms with van der Waals surface area (Å²) in [4.78, 5) is 0. The van der Waals surface area contributed by atoms with Crippen LogP contribution in [-0.2, 0) is 9.84 Å². The molecule has 0 amide bonds. The third kappa shape index (κ3) is 3.11. The van der Waals surface area contributed by atoms with E-state index >= 15 is 0 Å². The van der Waals surface area contributed by atoms with E-state index in [1.165, 1.54) is 16.3 Å². The van der Waals surface area contributed by atoms with Gasteiger partial charge in [0.05, 0.1) is 11.5 Å². The summed E-state index contributed by atoms with van der Waals surface area (Å²) < 4.78 is 23.3. The molecule has 0 aromatic heterocycles. The lowest BCUT2D eigenvalue weighted by Gasteiger charge is -2.21. The predicted octanol–water partition coefficient (Wildman–Crippen LogP) is 2.93. The Morgan fingerprint density at radius 3 is 2.67 bits per heavy atom. The smallest absolute Gasteiger partial charge is 0.150 e. The molecule has 2 atom stereocenters. The van der Waals surface area contributed by atoms with Gasteiger partial charge in [0.15, 0.2) is 9.84 Å². The third-order valence-electron chi connectivity index (χ3n) is 4.44. The molecule has 1 aliphatic heterocycles. The standard InChI is InChI=1S/C17H21NO2S/c1-18-17(11-13-9-10-21(19,20)12-13)16-8-4-6-14-5-2-3-7-15(14)16/h2-8,13,17-18H,9-12H2,1H3. The van der Waals surface area contributed by atoms with Gasteiger partial charge in [0.1, 0.15) is 0 Å². The van der Waals surface area contributed by atoms with E-state index in [2.05, 4.69) is 41.7 Å². The van der Waals surface area contributed by atoms with Crippen LogP contribution in [-0.4, -0.2) is 27.0 Å². The monoisotopic (exact) mass is 303 g/mol. The first-order chi connectivity index (χ1) is 10.1. The lowest BCUT2D eigenvalue weighted by atomic mass is 9.91. The zero-order valence-corrected chi connectivity index (χ0v) is 13.1. The van der Waals surface area contributed by atoms with E-state index in [-0.39, 0.29) is 12.0 Å². The van der Waals surface area contributed by atoms with Crippen molar-refractivity contribution in [3.05, 3.63) is 48.0 Å². The van der Waals surface area contributed by atoms with Crippen LogP contribution in [0.15, 0.2) is 42.5 Å². The largest absolute Gasteiger partial charge is 0.313 e. The molecule has 0 bridgehead atoms. The summed E-state index contributed by atoms with van der Waals surface area (Å²) in [5, 5.41) is 5.85. The maximum atomic E-state index is 11.6. The number of benzene rings is 2. The van der Waals surface area contributed by atoms with Crippen LogP contribution >= 0.6 is 0 Å². The van der Waals surface area contributed by atoms with Gasteiger partial charge in [-0.15, -0.1) is 0 Å². The van der Waals surface area contributed by atoms with E-state index in [0.29, 0.717) is 11.5 Å². The van der Waals surface area contributed by atoms with Gasteiger partial charge in [-0.25, -0.2) is 8.42 Å². The Labute approximate surface area is 126 Å². The summed E-state index contributed by atoms with van der Waals surface area (Å²) in [5.41, 5.74) is 1.26. The maximum Gasteiger partial charge on any atom is 0.150 e. The number of fused-ring (bicyclic) bond motifs is 1. The van der Waals surface area contributed by atoms with Crippen LogP contribution in [0.25, 0.3) is 10.8 Å². The van der Waals surface area contributed by atoms with Gasteiger partial charge in [0, 0.05) is 6.04 Å². The molecular weight excluding hydrogens is 282 g/mol. The van der Waals surface area contributed by atoms with Crippen molar-refractivity contribution in [3.8, 4) is 0 Å². The van der Waals surface area contributed by atoms with Gasteiger partial charge in [-0.2, -0.15) is 0 Å². The lowest BCUT2D eigenvalue weighted by Crippen LogP contribution is -2.20. The quantitative estimate of drug-likeness (QED) is 0.944. The summed E-state index contributed by atoms with van der Waals surface area (Å²) in [5.74, 6) is 0.964. The molecule has 1 N–H and O–H groups in total. The average Bonchev–Trinajstić information content (AvgIpc) is 2.83. The van der Waals surface area contributed by atoms with Crippen molar-refractivity contribution in [2.75, 3.05) is 18.6 Å². The molecule has 1 fully saturated rings. The number of hydrogen-bond acceptors (Lipinski definition) is 3. The van der Waals surface area contributed by atoms with Crippen molar-refractivity contribution in [1.82, 2.24) is 5.32 Å². The molecule has 0 radical (unpaired) electrons. The predicted molar refractivity (Wildman–Crippen MR) is 87.1 cm³/mol. The fourth-order valence-corrected chi connectivity index (χ4v) is 5.23. The molecule has 3 nitrogen and oxygen atoms in total. The highest BCUT2D eigenvalue weighted by molar-refractivity contribution is 7.91. The molecule has 0 aliphatic carbocycles. The van der Waals surface area contributed by atoms with Crippen LogP contribution in [0, 0.1) is 5.92 Å². The summed E-state index contributed by atoms with van der Waals surface area (Å²) in [6.45, 7) is 0. The molecule has 4 heteroatoms. The van der Waals surface area contributed by atoms with Crippen molar-refractivity contribution in [2.24, 2.45) is 5.92 Å². The number of rotatable bonds is 4. The van der Waals surface area contributed by atoms with Gasteiger partial charge in [-0.1, -0.05) is 42.5 Å². The highest BCUT2D eigenvalue weighted by atomic mass is 32.2. The van der Waals surface area contributed by atoms with E-state index < -0.39 is 9.84 Å². The maximum absolute atomic E-state index is 11.6. The Morgan fingerprint density at radius 1 is 1.19 bits per heavy atom. The van der Waals surface area contributed by atoms with Crippen LogP contribution in [0.5, 0.6) is 0 Å².